The van der Waals surface area contributed by atoms with Crippen molar-refractivity contribution in [2.45, 2.75) is 26.3 Å². The summed E-state index contributed by atoms with van der Waals surface area (Å²) in [6.07, 6.45) is 0.729. The summed E-state index contributed by atoms with van der Waals surface area (Å²) in [4.78, 5) is 23.8. The predicted molar refractivity (Wildman–Crippen MR) is 84.7 cm³/mol. The molecule has 1 aromatic rings. The van der Waals surface area contributed by atoms with Crippen LogP contribution in [-0.2, 0) is 0 Å². The minimum absolute atomic E-state index is 0. The minimum Gasteiger partial charge on any atom is -0.342 e. The van der Waals surface area contributed by atoms with Gasteiger partial charge in [0.15, 0.2) is 0 Å². The summed E-state index contributed by atoms with van der Waals surface area (Å²) in [5.41, 5.74) is 6.36. The van der Waals surface area contributed by atoms with Crippen LogP contribution in [-0.4, -0.2) is 35.4 Å². The largest absolute Gasteiger partial charge is 0.342 e. The van der Waals surface area contributed by atoms with E-state index in [2.05, 4.69) is 0 Å². The standard InChI is InChI=1S/C14H21N3O3.ClH/c1-10(2)13(15)8-9-16(3)14(18)11-4-6-12(7-5-11)17(19)20;/h4-7,10,13H,8-9,15H2,1-3H3;1H. The fourth-order valence-corrected chi connectivity index (χ4v) is 1.72. The van der Waals surface area contributed by atoms with Gasteiger partial charge in [0.1, 0.15) is 0 Å². The van der Waals surface area contributed by atoms with E-state index in [-0.39, 0.29) is 30.0 Å². The normalized spacial score (nSPS) is 11.7. The van der Waals surface area contributed by atoms with Gasteiger partial charge in [-0.25, -0.2) is 0 Å². The average Bonchev–Trinajstić information content (AvgIpc) is 2.43. The quantitative estimate of drug-likeness (QED) is 0.645. The highest BCUT2D eigenvalue weighted by Gasteiger charge is 2.15. The Morgan fingerprint density at radius 1 is 1.33 bits per heavy atom. The molecule has 0 spiro atoms. The number of hydrogen-bond acceptors (Lipinski definition) is 4. The van der Waals surface area contributed by atoms with Gasteiger partial charge in [-0.05, 0) is 24.5 Å². The molecule has 7 heteroatoms. The van der Waals surface area contributed by atoms with Gasteiger partial charge in [-0.15, -0.1) is 12.4 Å². The van der Waals surface area contributed by atoms with Gasteiger partial charge in [0.05, 0.1) is 4.92 Å². The number of non-ortho nitro benzene ring substituents is 1. The predicted octanol–water partition coefficient (Wildman–Crippen LogP) is 2.46. The molecule has 0 saturated heterocycles. The number of halogens is 1. The van der Waals surface area contributed by atoms with Gasteiger partial charge < -0.3 is 10.6 Å². The third-order valence-corrected chi connectivity index (χ3v) is 3.33. The maximum absolute atomic E-state index is 12.1. The fraction of sp³-hybridized carbons (Fsp3) is 0.500. The molecule has 0 fully saturated rings. The van der Waals surface area contributed by atoms with Gasteiger partial charge in [-0.3, -0.25) is 14.9 Å². The second kappa shape index (κ2) is 8.59. The van der Waals surface area contributed by atoms with Crippen LogP contribution in [0.4, 0.5) is 5.69 Å². The SMILES string of the molecule is CC(C)C(N)CCN(C)C(=O)c1ccc([N+](=O)[O-])cc1.Cl. The minimum atomic E-state index is -0.486. The van der Waals surface area contributed by atoms with E-state index in [0.29, 0.717) is 18.0 Å². The van der Waals surface area contributed by atoms with Gasteiger partial charge in [0, 0.05) is 37.3 Å². The first-order chi connectivity index (χ1) is 9.32. The Bertz CT molecular complexity index is 477. The molecule has 2 N–H and O–H groups in total. The maximum atomic E-state index is 12.1. The van der Waals surface area contributed by atoms with Crippen LogP contribution in [0.2, 0.25) is 0 Å². The van der Waals surface area contributed by atoms with E-state index in [4.69, 9.17) is 5.73 Å². The molecule has 21 heavy (non-hydrogen) atoms. The molecular formula is C14H22ClN3O3. The van der Waals surface area contributed by atoms with Crippen molar-refractivity contribution >= 4 is 24.0 Å². The van der Waals surface area contributed by atoms with Gasteiger partial charge in [-0.2, -0.15) is 0 Å². The highest BCUT2D eigenvalue weighted by molar-refractivity contribution is 5.94. The van der Waals surface area contributed by atoms with Gasteiger partial charge in [0.25, 0.3) is 11.6 Å². The third-order valence-electron chi connectivity index (χ3n) is 3.33. The zero-order valence-electron chi connectivity index (χ0n) is 12.5. The van der Waals surface area contributed by atoms with Crippen LogP contribution in [0.25, 0.3) is 0 Å². The van der Waals surface area contributed by atoms with E-state index in [1.165, 1.54) is 24.3 Å². The van der Waals surface area contributed by atoms with Crippen molar-refractivity contribution < 1.29 is 9.72 Å². The van der Waals surface area contributed by atoms with Gasteiger partial charge in [-0.1, -0.05) is 13.8 Å². The number of nitro benzene ring substituents is 1. The molecule has 0 aliphatic carbocycles. The lowest BCUT2D eigenvalue weighted by Crippen LogP contribution is -2.34. The van der Waals surface area contributed by atoms with E-state index in [1.54, 1.807) is 11.9 Å². The number of carbonyl (C=O) groups excluding carboxylic acids is 1. The number of hydrogen-bond donors (Lipinski definition) is 1. The first-order valence-electron chi connectivity index (χ1n) is 6.58. The molecule has 118 valence electrons. The molecule has 0 bridgehead atoms. The number of rotatable bonds is 6. The van der Waals surface area contributed by atoms with Crippen molar-refractivity contribution in [2.75, 3.05) is 13.6 Å². The topological polar surface area (TPSA) is 89.5 Å². The maximum Gasteiger partial charge on any atom is 0.269 e. The lowest BCUT2D eigenvalue weighted by Gasteiger charge is -2.21. The summed E-state index contributed by atoms with van der Waals surface area (Å²) >= 11 is 0. The summed E-state index contributed by atoms with van der Waals surface area (Å²) in [5, 5.41) is 10.6. The molecule has 1 unspecified atom stereocenters. The second-order valence-electron chi connectivity index (χ2n) is 5.23. The van der Waals surface area contributed by atoms with E-state index in [1.807, 2.05) is 13.8 Å². The summed E-state index contributed by atoms with van der Waals surface area (Å²) < 4.78 is 0. The Labute approximate surface area is 130 Å². The van der Waals surface area contributed by atoms with Crippen LogP contribution in [0, 0.1) is 16.0 Å². The summed E-state index contributed by atoms with van der Waals surface area (Å²) in [6.45, 7) is 4.65. The van der Waals surface area contributed by atoms with Crippen LogP contribution in [0.1, 0.15) is 30.6 Å². The van der Waals surface area contributed by atoms with Gasteiger partial charge >= 0.3 is 0 Å². The van der Waals surface area contributed by atoms with E-state index < -0.39 is 4.92 Å². The Kier molecular flexibility index (Phi) is 7.91. The number of benzene rings is 1. The average molecular weight is 316 g/mol. The summed E-state index contributed by atoms with van der Waals surface area (Å²) in [7, 11) is 1.71. The van der Waals surface area contributed by atoms with Crippen molar-refractivity contribution in [3.05, 3.63) is 39.9 Å². The second-order valence-corrected chi connectivity index (χ2v) is 5.23. The lowest BCUT2D eigenvalue weighted by atomic mass is 10.0. The molecule has 0 saturated carbocycles. The van der Waals surface area contributed by atoms with Crippen molar-refractivity contribution in [1.29, 1.82) is 0 Å². The van der Waals surface area contributed by atoms with Crippen LogP contribution >= 0.6 is 12.4 Å². The van der Waals surface area contributed by atoms with Crippen LogP contribution < -0.4 is 5.73 Å². The van der Waals surface area contributed by atoms with Crippen molar-refractivity contribution in [3.63, 3.8) is 0 Å². The molecule has 6 nitrogen and oxygen atoms in total. The molecule has 0 radical (unpaired) electrons. The van der Waals surface area contributed by atoms with E-state index in [0.717, 1.165) is 6.42 Å². The first-order valence-corrected chi connectivity index (χ1v) is 6.58. The molecule has 0 aromatic heterocycles. The molecule has 1 atom stereocenters. The Hall–Kier alpha value is -1.66. The van der Waals surface area contributed by atoms with E-state index in [9.17, 15) is 14.9 Å². The first kappa shape index (κ1) is 19.3. The zero-order valence-corrected chi connectivity index (χ0v) is 13.3. The monoisotopic (exact) mass is 315 g/mol. The zero-order chi connectivity index (χ0) is 15.3. The van der Waals surface area contributed by atoms with Crippen LogP contribution in [0.5, 0.6) is 0 Å². The molecular weight excluding hydrogens is 294 g/mol. The molecule has 1 rings (SSSR count). The molecule has 0 heterocycles. The lowest BCUT2D eigenvalue weighted by molar-refractivity contribution is -0.384. The van der Waals surface area contributed by atoms with E-state index >= 15 is 0 Å². The van der Waals surface area contributed by atoms with Crippen LogP contribution in [0.3, 0.4) is 0 Å². The molecule has 1 aromatic carbocycles. The Morgan fingerprint density at radius 3 is 2.29 bits per heavy atom. The Balaban J connectivity index is 0.00000400. The number of nitrogens with zero attached hydrogens (tertiary/aromatic N) is 2. The van der Waals surface area contributed by atoms with Crippen molar-refractivity contribution in [2.24, 2.45) is 11.7 Å². The third kappa shape index (κ3) is 5.69. The number of carbonyl (C=O) groups is 1. The number of amides is 1. The highest BCUT2D eigenvalue weighted by atomic mass is 35.5. The van der Waals surface area contributed by atoms with Crippen molar-refractivity contribution in [1.82, 2.24) is 4.90 Å². The smallest absolute Gasteiger partial charge is 0.269 e. The highest BCUT2D eigenvalue weighted by Crippen LogP contribution is 2.13. The van der Waals surface area contributed by atoms with Crippen LogP contribution in [0.15, 0.2) is 24.3 Å². The number of nitrogens with two attached hydrogens (primary N) is 1. The molecule has 1 amide bonds. The summed E-state index contributed by atoms with van der Waals surface area (Å²) in [6, 6.07) is 5.67. The molecule has 0 aliphatic rings. The van der Waals surface area contributed by atoms with Crippen molar-refractivity contribution in [3.8, 4) is 0 Å². The molecule has 0 aliphatic heterocycles. The fourth-order valence-electron chi connectivity index (χ4n) is 1.72. The van der Waals surface area contributed by atoms with Gasteiger partial charge in [0.2, 0.25) is 0 Å². The Morgan fingerprint density at radius 2 is 1.86 bits per heavy atom. The summed E-state index contributed by atoms with van der Waals surface area (Å²) in [5.74, 6) is 0.216. The number of nitro groups is 1.